The van der Waals surface area contributed by atoms with Gasteiger partial charge in [-0.25, -0.2) is 9.97 Å². The predicted molar refractivity (Wildman–Crippen MR) is 109 cm³/mol. The van der Waals surface area contributed by atoms with Crippen LogP contribution in [0.5, 0.6) is 0 Å². The van der Waals surface area contributed by atoms with Crippen molar-refractivity contribution in [2.24, 2.45) is 4.99 Å². The lowest BCUT2D eigenvalue weighted by Crippen LogP contribution is -2.49. The second-order valence-corrected chi connectivity index (χ2v) is 6.60. The van der Waals surface area contributed by atoms with Crippen LogP contribution < -0.4 is 15.5 Å². The quantitative estimate of drug-likeness (QED) is 0.468. The van der Waals surface area contributed by atoms with E-state index in [0.717, 1.165) is 76.5 Å². The van der Waals surface area contributed by atoms with Crippen LogP contribution in [0.2, 0.25) is 0 Å². The Hall–Kier alpha value is -2.75. The Kier molecular flexibility index (Phi) is 7.53. The Balaban J connectivity index is 1.32. The number of aromatic nitrogens is 5. The van der Waals surface area contributed by atoms with Gasteiger partial charge in [0.1, 0.15) is 12.2 Å². The summed E-state index contributed by atoms with van der Waals surface area (Å²) in [7, 11) is 1.80. The van der Waals surface area contributed by atoms with Crippen LogP contribution in [0.4, 0.5) is 5.95 Å². The van der Waals surface area contributed by atoms with E-state index in [-0.39, 0.29) is 0 Å². The van der Waals surface area contributed by atoms with Crippen molar-refractivity contribution in [1.29, 1.82) is 0 Å². The highest BCUT2D eigenvalue weighted by Gasteiger charge is 2.18. The van der Waals surface area contributed by atoms with E-state index in [1.165, 1.54) is 0 Å². The molecule has 0 spiro atoms. The molecule has 1 saturated heterocycles. The number of rotatable bonds is 8. The number of nitrogens with zero attached hydrogens (tertiary/aromatic N) is 8. The summed E-state index contributed by atoms with van der Waals surface area (Å²) in [6.45, 7) is 9.45. The molecule has 2 N–H and O–H groups in total. The van der Waals surface area contributed by atoms with Crippen LogP contribution in [0.15, 0.2) is 29.8 Å². The van der Waals surface area contributed by atoms with Gasteiger partial charge in [0.15, 0.2) is 5.96 Å². The fourth-order valence-corrected chi connectivity index (χ4v) is 3.21. The summed E-state index contributed by atoms with van der Waals surface area (Å²) >= 11 is 0. The summed E-state index contributed by atoms with van der Waals surface area (Å²) in [6, 6.07) is 1.85. The third kappa shape index (κ3) is 5.62. The average Bonchev–Trinajstić information content (AvgIpc) is 3.21. The predicted octanol–water partition coefficient (Wildman–Crippen LogP) is -0.382. The van der Waals surface area contributed by atoms with Crippen LogP contribution in [0.1, 0.15) is 12.7 Å². The molecule has 2 aromatic rings. The zero-order valence-electron chi connectivity index (χ0n) is 16.8. The van der Waals surface area contributed by atoms with Gasteiger partial charge in [-0.3, -0.25) is 9.89 Å². The lowest BCUT2D eigenvalue weighted by molar-refractivity contribution is 0.260. The molecule has 0 radical (unpaired) electrons. The first-order chi connectivity index (χ1) is 13.8. The van der Waals surface area contributed by atoms with Crippen molar-refractivity contribution in [2.45, 2.75) is 19.9 Å². The molecule has 28 heavy (non-hydrogen) atoms. The molecule has 10 nitrogen and oxygen atoms in total. The third-order valence-corrected chi connectivity index (χ3v) is 4.81. The van der Waals surface area contributed by atoms with Gasteiger partial charge in [0.25, 0.3) is 0 Å². The van der Waals surface area contributed by atoms with Crippen molar-refractivity contribution in [3.05, 3.63) is 30.6 Å². The number of piperazine rings is 1. The largest absolute Gasteiger partial charge is 0.355 e. The van der Waals surface area contributed by atoms with Crippen molar-refractivity contribution in [3.63, 3.8) is 0 Å². The van der Waals surface area contributed by atoms with Crippen molar-refractivity contribution >= 4 is 11.9 Å². The van der Waals surface area contributed by atoms with Crippen molar-refractivity contribution in [3.8, 4) is 0 Å². The first-order valence-electron chi connectivity index (χ1n) is 9.85. The SMILES string of the molecule is CCc1nncn1CCNC(=NC)NCCN1CCN(c2ncccn2)CC1. The summed E-state index contributed by atoms with van der Waals surface area (Å²) in [5.41, 5.74) is 0. The molecule has 0 unspecified atom stereocenters. The number of hydrogen-bond acceptors (Lipinski definition) is 7. The Morgan fingerprint density at radius 2 is 1.79 bits per heavy atom. The van der Waals surface area contributed by atoms with Crippen LogP contribution >= 0.6 is 0 Å². The molecule has 0 aliphatic carbocycles. The molecule has 3 heterocycles. The average molecular weight is 387 g/mol. The number of anilines is 1. The monoisotopic (exact) mass is 386 g/mol. The van der Waals surface area contributed by atoms with Gasteiger partial charge in [-0.1, -0.05) is 6.92 Å². The van der Waals surface area contributed by atoms with Gasteiger partial charge in [-0.05, 0) is 6.07 Å². The molecule has 1 aliphatic heterocycles. The number of aryl methyl sites for hydroxylation is 1. The maximum absolute atomic E-state index is 4.33. The second-order valence-electron chi connectivity index (χ2n) is 6.60. The first kappa shape index (κ1) is 20.0. The van der Waals surface area contributed by atoms with Crippen molar-refractivity contribution in [2.75, 3.05) is 57.8 Å². The Morgan fingerprint density at radius 3 is 2.46 bits per heavy atom. The number of guanidine groups is 1. The second kappa shape index (κ2) is 10.5. The fraction of sp³-hybridized carbons (Fsp3) is 0.611. The smallest absolute Gasteiger partial charge is 0.225 e. The van der Waals surface area contributed by atoms with Crippen LogP contribution in [0.25, 0.3) is 0 Å². The van der Waals surface area contributed by atoms with Gasteiger partial charge in [0, 0.05) is 78.2 Å². The molecule has 0 atom stereocenters. The van der Waals surface area contributed by atoms with E-state index in [1.807, 2.05) is 6.07 Å². The molecular weight excluding hydrogens is 356 g/mol. The Bertz CT molecular complexity index is 721. The van der Waals surface area contributed by atoms with E-state index in [2.05, 4.69) is 57.1 Å². The van der Waals surface area contributed by atoms with E-state index in [9.17, 15) is 0 Å². The third-order valence-electron chi connectivity index (χ3n) is 4.81. The van der Waals surface area contributed by atoms with Gasteiger partial charge in [-0.15, -0.1) is 10.2 Å². The molecule has 3 rings (SSSR count). The highest BCUT2D eigenvalue weighted by molar-refractivity contribution is 5.79. The lowest BCUT2D eigenvalue weighted by atomic mass is 10.3. The van der Waals surface area contributed by atoms with E-state index in [1.54, 1.807) is 25.8 Å². The van der Waals surface area contributed by atoms with Crippen molar-refractivity contribution < 1.29 is 0 Å². The molecule has 10 heteroatoms. The van der Waals surface area contributed by atoms with E-state index in [4.69, 9.17) is 0 Å². The van der Waals surface area contributed by atoms with Gasteiger partial charge in [-0.2, -0.15) is 0 Å². The van der Waals surface area contributed by atoms with Crippen LogP contribution in [0, 0.1) is 0 Å². The molecule has 0 amide bonds. The molecule has 0 saturated carbocycles. The minimum absolute atomic E-state index is 0.778. The molecule has 1 fully saturated rings. The van der Waals surface area contributed by atoms with Gasteiger partial charge in [0.2, 0.25) is 5.95 Å². The standard InChI is InChI=1S/C18H30N10/c1-3-16-25-24-15-28(16)10-8-21-17(19-2)20-7-9-26-11-13-27(14-12-26)18-22-5-4-6-23-18/h4-6,15H,3,7-14H2,1-2H3,(H2,19,20,21). The normalized spacial score (nSPS) is 15.6. The van der Waals surface area contributed by atoms with Gasteiger partial charge < -0.3 is 20.1 Å². The lowest BCUT2D eigenvalue weighted by Gasteiger charge is -2.34. The van der Waals surface area contributed by atoms with E-state index >= 15 is 0 Å². The van der Waals surface area contributed by atoms with E-state index < -0.39 is 0 Å². The summed E-state index contributed by atoms with van der Waals surface area (Å²) in [5.74, 6) is 2.65. The topological polar surface area (TPSA) is 99.4 Å². The molecular formula is C18H30N10. The molecule has 152 valence electrons. The highest BCUT2D eigenvalue weighted by atomic mass is 15.3. The zero-order chi connectivity index (χ0) is 19.6. The van der Waals surface area contributed by atoms with Crippen LogP contribution in [0.3, 0.4) is 0 Å². The summed E-state index contributed by atoms with van der Waals surface area (Å²) in [4.78, 5) is 17.6. The molecule has 0 bridgehead atoms. The maximum Gasteiger partial charge on any atom is 0.225 e. The molecule has 1 aliphatic rings. The van der Waals surface area contributed by atoms with Gasteiger partial charge >= 0.3 is 0 Å². The molecule has 0 aromatic carbocycles. The maximum atomic E-state index is 4.33. The first-order valence-corrected chi connectivity index (χ1v) is 9.85. The Labute approximate surface area is 166 Å². The van der Waals surface area contributed by atoms with Crippen LogP contribution in [-0.4, -0.2) is 88.5 Å². The number of nitrogens with one attached hydrogen (secondary N) is 2. The van der Waals surface area contributed by atoms with Gasteiger partial charge in [0.05, 0.1) is 0 Å². The minimum atomic E-state index is 0.778. The Morgan fingerprint density at radius 1 is 1.07 bits per heavy atom. The number of aliphatic imine (C=N–C) groups is 1. The van der Waals surface area contributed by atoms with Crippen molar-refractivity contribution in [1.82, 2.24) is 40.3 Å². The number of hydrogen-bond donors (Lipinski definition) is 2. The van der Waals surface area contributed by atoms with Crippen LogP contribution in [-0.2, 0) is 13.0 Å². The highest BCUT2D eigenvalue weighted by Crippen LogP contribution is 2.08. The van der Waals surface area contributed by atoms with E-state index in [0.29, 0.717) is 0 Å². The fourth-order valence-electron chi connectivity index (χ4n) is 3.21. The summed E-state index contributed by atoms with van der Waals surface area (Å²) in [6.07, 6.45) is 6.25. The summed E-state index contributed by atoms with van der Waals surface area (Å²) in [5, 5.41) is 14.8. The summed E-state index contributed by atoms with van der Waals surface area (Å²) < 4.78 is 2.07. The molecule has 2 aromatic heterocycles. The zero-order valence-corrected chi connectivity index (χ0v) is 16.8. The minimum Gasteiger partial charge on any atom is -0.355 e.